The fraction of sp³-hybridized carbons (Fsp3) is 0.692. The second-order valence-electron chi connectivity index (χ2n) is 6.69. The van der Waals surface area contributed by atoms with Crippen LogP contribution in [-0.4, -0.2) is 44.0 Å². The Morgan fingerprint density at radius 1 is 1.00 bits per heavy atom. The van der Waals surface area contributed by atoms with Crippen molar-refractivity contribution < 1.29 is 19.5 Å². The molecule has 1 saturated carbocycles. The van der Waals surface area contributed by atoms with Crippen molar-refractivity contribution in [2.45, 2.75) is 28.4 Å². The standard InChI is InChI=1S/C13H9Cl4NO4/c14-8-9(15)13(17)1-12(8,16)4-5(13)7-3-2(6(4)22-7)10(19)18(21)11(3)20/h2-7,21H,1H2/t2-,3+,4-,5-,6+,7-,12-,13-/m0/s1. The summed E-state index contributed by atoms with van der Waals surface area (Å²) in [4.78, 5) is 22.3. The number of hydrogen-bond donors (Lipinski definition) is 1. The fourth-order valence-electron chi connectivity index (χ4n) is 5.28. The van der Waals surface area contributed by atoms with Crippen LogP contribution in [0, 0.1) is 23.7 Å². The molecule has 0 radical (unpaired) electrons. The summed E-state index contributed by atoms with van der Waals surface area (Å²) in [5, 5.41) is 10.4. The zero-order valence-corrected chi connectivity index (χ0v) is 13.8. The lowest BCUT2D eigenvalue weighted by molar-refractivity contribution is -0.176. The highest BCUT2D eigenvalue weighted by molar-refractivity contribution is 6.51. The summed E-state index contributed by atoms with van der Waals surface area (Å²) in [6, 6.07) is 0. The summed E-state index contributed by atoms with van der Waals surface area (Å²) in [7, 11) is 0. The Bertz CT molecular complexity index is 644. The molecule has 0 aromatic heterocycles. The zero-order chi connectivity index (χ0) is 15.8. The van der Waals surface area contributed by atoms with Crippen molar-refractivity contribution >= 4 is 58.2 Å². The molecular formula is C13H9Cl4NO4. The minimum Gasteiger partial charge on any atom is -0.373 e. The molecule has 3 heterocycles. The van der Waals surface area contributed by atoms with Gasteiger partial charge in [-0.05, 0) is 6.42 Å². The maximum Gasteiger partial charge on any atom is 0.259 e. The summed E-state index contributed by atoms with van der Waals surface area (Å²) >= 11 is 26.0. The average molecular weight is 385 g/mol. The van der Waals surface area contributed by atoms with E-state index in [4.69, 9.17) is 51.1 Å². The van der Waals surface area contributed by atoms with E-state index in [0.29, 0.717) is 16.5 Å². The van der Waals surface area contributed by atoms with Gasteiger partial charge in [0, 0.05) is 11.8 Å². The fourth-order valence-corrected chi connectivity index (χ4v) is 7.29. The summed E-state index contributed by atoms with van der Waals surface area (Å²) in [5.41, 5.74) is 0. The van der Waals surface area contributed by atoms with Crippen molar-refractivity contribution in [3.05, 3.63) is 10.1 Å². The first-order chi connectivity index (χ1) is 10.2. The number of hydroxylamine groups is 2. The smallest absolute Gasteiger partial charge is 0.259 e. The summed E-state index contributed by atoms with van der Waals surface area (Å²) in [5.74, 6) is -3.31. The largest absolute Gasteiger partial charge is 0.373 e. The number of imide groups is 1. The molecule has 2 amide bonds. The molecule has 0 spiro atoms. The number of ether oxygens (including phenoxy) is 1. The van der Waals surface area contributed by atoms with Crippen LogP contribution in [0.5, 0.6) is 0 Å². The number of amides is 2. The molecule has 0 aromatic rings. The number of halogens is 4. The average Bonchev–Trinajstić information content (AvgIpc) is 3.18. The first-order valence-electron chi connectivity index (χ1n) is 6.89. The number of alkyl halides is 2. The van der Waals surface area contributed by atoms with Crippen molar-refractivity contribution in [3.8, 4) is 0 Å². The van der Waals surface area contributed by atoms with Crippen LogP contribution in [0.3, 0.4) is 0 Å². The van der Waals surface area contributed by atoms with Crippen LogP contribution in [-0.2, 0) is 14.3 Å². The Morgan fingerprint density at radius 3 is 1.82 bits per heavy atom. The third-order valence-corrected chi connectivity index (χ3v) is 8.48. The Hall–Kier alpha value is -0.0400. The van der Waals surface area contributed by atoms with Crippen molar-refractivity contribution in [1.82, 2.24) is 5.06 Å². The number of carbonyl (C=O) groups is 2. The minimum absolute atomic E-state index is 0.194. The van der Waals surface area contributed by atoms with Gasteiger partial charge >= 0.3 is 0 Å². The molecule has 8 atom stereocenters. The highest BCUT2D eigenvalue weighted by Gasteiger charge is 2.81. The predicted octanol–water partition coefficient (Wildman–Crippen LogP) is 2.05. The van der Waals surface area contributed by atoms with E-state index in [1.807, 2.05) is 0 Å². The highest BCUT2D eigenvalue weighted by Crippen LogP contribution is 2.75. The molecule has 3 aliphatic heterocycles. The molecular weight excluding hydrogens is 376 g/mol. The number of rotatable bonds is 0. The Kier molecular flexibility index (Phi) is 2.46. The Balaban J connectivity index is 1.68. The van der Waals surface area contributed by atoms with E-state index in [1.165, 1.54) is 0 Å². The third-order valence-electron chi connectivity index (χ3n) is 5.99. The lowest BCUT2D eigenvalue weighted by Gasteiger charge is -2.40. The molecule has 2 aliphatic carbocycles. The first-order valence-corrected chi connectivity index (χ1v) is 8.41. The van der Waals surface area contributed by atoms with Crippen molar-refractivity contribution in [3.63, 3.8) is 0 Å². The van der Waals surface area contributed by atoms with Crippen LogP contribution in [0.15, 0.2) is 10.1 Å². The Morgan fingerprint density at radius 2 is 1.41 bits per heavy atom. The van der Waals surface area contributed by atoms with Crippen LogP contribution in [0.25, 0.3) is 0 Å². The molecule has 9 heteroatoms. The van der Waals surface area contributed by atoms with E-state index in [-0.39, 0.29) is 16.9 Å². The summed E-state index contributed by atoms with van der Waals surface area (Å²) < 4.78 is 5.91. The molecule has 4 fully saturated rings. The van der Waals surface area contributed by atoms with E-state index < -0.39 is 45.6 Å². The van der Waals surface area contributed by atoms with Crippen LogP contribution >= 0.6 is 46.4 Å². The lowest BCUT2D eigenvalue weighted by atomic mass is 9.65. The Labute approximate surface area is 145 Å². The molecule has 3 saturated heterocycles. The zero-order valence-electron chi connectivity index (χ0n) is 10.8. The van der Waals surface area contributed by atoms with Crippen LogP contribution in [0.1, 0.15) is 6.42 Å². The predicted molar refractivity (Wildman–Crippen MR) is 76.8 cm³/mol. The van der Waals surface area contributed by atoms with Gasteiger partial charge in [-0.2, -0.15) is 5.06 Å². The molecule has 4 bridgehead atoms. The maximum absolute atomic E-state index is 12.1. The second-order valence-corrected chi connectivity index (χ2v) is 8.79. The van der Waals surface area contributed by atoms with Gasteiger partial charge in [0.2, 0.25) is 0 Å². The maximum atomic E-state index is 12.1. The van der Waals surface area contributed by atoms with Gasteiger partial charge in [0.15, 0.2) is 0 Å². The van der Waals surface area contributed by atoms with E-state index in [2.05, 4.69) is 0 Å². The number of allylic oxidation sites excluding steroid dienone is 2. The van der Waals surface area contributed by atoms with Gasteiger partial charge in [-0.3, -0.25) is 14.8 Å². The molecule has 5 aliphatic rings. The van der Waals surface area contributed by atoms with Crippen molar-refractivity contribution in [2.24, 2.45) is 23.7 Å². The molecule has 1 N–H and O–H groups in total. The van der Waals surface area contributed by atoms with Gasteiger partial charge in [-0.15, -0.1) is 23.2 Å². The summed E-state index contributed by atoms with van der Waals surface area (Å²) in [6.45, 7) is 0. The second kappa shape index (κ2) is 3.79. The van der Waals surface area contributed by atoms with Gasteiger partial charge in [-0.1, -0.05) is 23.2 Å². The topological polar surface area (TPSA) is 66.8 Å². The molecule has 5 nitrogen and oxygen atoms in total. The summed E-state index contributed by atoms with van der Waals surface area (Å²) in [6.07, 6.45) is -0.799. The molecule has 118 valence electrons. The first kappa shape index (κ1) is 14.3. The van der Waals surface area contributed by atoms with Gasteiger partial charge < -0.3 is 4.74 Å². The number of nitrogens with zero attached hydrogens (tertiary/aromatic N) is 1. The van der Waals surface area contributed by atoms with Crippen molar-refractivity contribution in [2.75, 3.05) is 0 Å². The van der Waals surface area contributed by atoms with Crippen LogP contribution < -0.4 is 0 Å². The molecule has 0 aromatic carbocycles. The minimum atomic E-state index is -0.971. The van der Waals surface area contributed by atoms with Gasteiger partial charge in [-0.25, -0.2) is 0 Å². The van der Waals surface area contributed by atoms with E-state index >= 15 is 0 Å². The number of carbonyl (C=O) groups excluding carboxylic acids is 2. The SMILES string of the molecule is O=C1[C@@H]2[C@H]3O[C@@H]([C@@H]2C(=O)N1O)[C@@H]1[C@@H]3[C@@]2(Cl)C[C@@]1(Cl)C(Cl)=C2Cl. The molecule has 0 unspecified atom stereocenters. The van der Waals surface area contributed by atoms with Crippen molar-refractivity contribution in [1.29, 1.82) is 0 Å². The quantitative estimate of drug-likeness (QED) is 0.394. The molecule has 5 rings (SSSR count). The van der Waals surface area contributed by atoms with E-state index in [9.17, 15) is 14.8 Å². The molecule has 22 heavy (non-hydrogen) atoms. The van der Waals surface area contributed by atoms with Gasteiger partial charge in [0.05, 0.1) is 43.9 Å². The van der Waals surface area contributed by atoms with Gasteiger partial charge in [0.1, 0.15) is 0 Å². The van der Waals surface area contributed by atoms with Crippen LogP contribution in [0.4, 0.5) is 0 Å². The number of hydrogen-bond acceptors (Lipinski definition) is 4. The number of fused-ring (bicyclic) bond motifs is 12. The normalized spacial score (nSPS) is 58.1. The van der Waals surface area contributed by atoms with Gasteiger partial charge in [0.25, 0.3) is 11.8 Å². The van der Waals surface area contributed by atoms with E-state index in [1.54, 1.807) is 0 Å². The monoisotopic (exact) mass is 383 g/mol. The lowest BCUT2D eigenvalue weighted by Crippen LogP contribution is -2.50. The highest BCUT2D eigenvalue weighted by atomic mass is 35.5. The third kappa shape index (κ3) is 1.18. The van der Waals surface area contributed by atoms with Crippen LogP contribution in [0.2, 0.25) is 0 Å². The van der Waals surface area contributed by atoms with E-state index in [0.717, 1.165) is 0 Å².